The predicted molar refractivity (Wildman–Crippen MR) is 80.0 cm³/mol. The molecule has 0 amide bonds. The fourth-order valence-corrected chi connectivity index (χ4v) is 3.71. The van der Waals surface area contributed by atoms with E-state index in [1.54, 1.807) is 0 Å². The Hall–Kier alpha value is -0.650. The van der Waals surface area contributed by atoms with Gasteiger partial charge < -0.3 is 0 Å². The van der Waals surface area contributed by atoms with Crippen LogP contribution in [0.15, 0.2) is 17.0 Å². The maximum Gasteiger partial charge on any atom is 0.242 e. The Morgan fingerprint density at radius 1 is 1.30 bits per heavy atom. The first-order chi connectivity index (χ1) is 8.99. The average molecular weight is 322 g/mol. The first kappa shape index (κ1) is 17.4. The Morgan fingerprint density at radius 3 is 2.30 bits per heavy atom. The molecule has 0 aromatic heterocycles. The van der Waals surface area contributed by atoms with Gasteiger partial charge in [0.25, 0.3) is 0 Å². The van der Waals surface area contributed by atoms with Crippen LogP contribution in [-0.4, -0.2) is 26.3 Å². The molecule has 0 fully saturated rings. The Bertz CT molecular complexity index is 594. The number of aryl methyl sites for hydroxylation is 1. The SMILES string of the molecule is Cc1cc(S(=O)(=O)N(C)CC(C)(C)C)cc(CCl)c1F. The second-order valence-corrected chi connectivity index (χ2v) is 8.48. The molecule has 20 heavy (non-hydrogen) atoms. The van der Waals surface area contributed by atoms with Crippen LogP contribution in [0.25, 0.3) is 0 Å². The molecule has 0 N–H and O–H groups in total. The van der Waals surface area contributed by atoms with E-state index in [9.17, 15) is 12.8 Å². The standard InChI is InChI=1S/C14H21ClFNO2S/c1-10-6-12(7-11(8-15)13(10)16)20(18,19)17(5)9-14(2,3)4/h6-7H,8-9H2,1-5H3. The molecule has 0 bridgehead atoms. The van der Waals surface area contributed by atoms with Gasteiger partial charge >= 0.3 is 0 Å². The summed E-state index contributed by atoms with van der Waals surface area (Å²) in [5.41, 5.74) is 0.326. The van der Waals surface area contributed by atoms with Crippen LogP contribution < -0.4 is 0 Å². The van der Waals surface area contributed by atoms with E-state index >= 15 is 0 Å². The van der Waals surface area contributed by atoms with E-state index in [0.29, 0.717) is 6.54 Å². The number of alkyl halides is 1. The monoisotopic (exact) mass is 321 g/mol. The number of sulfonamides is 1. The smallest absolute Gasteiger partial charge is 0.207 e. The molecule has 0 atom stereocenters. The molecule has 0 aliphatic carbocycles. The maximum atomic E-state index is 13.7. The highest BCUT2D eigenvalue weighted by Gasteiger charge is 2.26. The summed E-state index contributed by atoms with van der Waals surface area (Å²) in [4.78, 5) is 0.0822. The lowest BCUT2D eigenvalue weighted by Gasteiger charge is -2.26. The lowest BCUT2D eigenvalue weighted by Crippen LogP contribution is -2.34. The maximum absolute atomic E-state index is 13.7. The Labute approximate surface area is 125 Å². The highest BCUT2D eigenvalue weighted by Crippen LogP contribution is 2.25. The van der Waals surface area contributed by atoms with Crippen molar-refractivity contribution < 1.29 is 12.8 Å². The van der Waals surface area contributed by atoms with E-state index in [-0.39, 0.29) is 27.3 Å². The first-order valence-corrected chi connectivity index (χ1v) is 8.28. The number of hydrogen-bond donors (Lipinski definition) is 0. The molecule has 0 heterocycles. The van der Waals surface area contributed by atoms with Crippen molar-refractivity contribution in [2.45, 2.75) is 38.5 Å². The van der Waals surface area contributed by atoms with E-state index < -0.39 is 15.8 Å². The summed E-state index contributed by atoms with van der Waals surface area (Å²) in [6.07, 6.45) is 0. The predicted octanol–water partition coefficient (Wildman–Crippen LogP) is 3.54. The second-order valence-electron chi connectivity index (χ2n) is 6.17. The molecule has 0 aliphatic rings. The molecular weight excluding hydrogens is 301 g/mol. The highest BCUT2D eigenvalue weighted by molar-refractivity contribution is 7.89. The largest absolute Gasteiger partial charge is 0.242 e. The van der Waals surface area contributed by atoms with Crippen molar-refractivity contribution in [3.63, 3.8) is 0 Å². The Balaban J connectivity index is 3.26. The third-order valence-electron chi connectivity index (χ3n) is 2.85. The van der Waals surface area contributed by atoms with Crippen LogP contribution in [0.5, 0.6) is 0 Å². The quantitative estimate of drug-likeness (QED) is 0.795. The molecule has 1 aromatic rings. The van der Waals surface area contributed by atoms with Crippen molar-refractivity contribution >= 4 is 21.6 Å². The Kier molecular flexibility index (Phi) is 5.22. The number of nitrogens with zero attached hydrogens (tertiary/aromatic N) is 1. The van der Waals surface area contributed by atoms with Gasteiger partial charge in [0.2, 0.25) is 10.0 Å². The topological polar surface area (TPSA) is 37.4 Å². The van der Waals surface area contributed by atoms with Crippen molar-refractivity contribution in [1.82, 2.24) is 4.31 Å². The van der Waals surface area contributed by atoms with Crippen molar-refractivity contribution in [3.8, 4) is 0 Å². The van der Waals surface area contributed by atoms with Crippen LogP contribution in [0.3, 0.4) is 0 Å². The normalized spacial score (nSPS) is 13.0. The van der Waals surface area contributed by atoms with E-state index in [0.717, 1.165) is 0 Å². The number of benzene rings is 1. The summed E-state index contributed by atoms with van der Waals surface area (Å²) in [6, 6.07) is 2.66. The van der Waals surface area contributed by atoms with Crippen LogP contribution in [0.2, 0.25) is 0 Å². The summed E-state index contributed by atoms with van der Waals surface area (Å²) in [7, 11) is -2.11. The van der Waals surface area contributed by atoms with Gasteiger partial charge in [-0.05, 0) is 30.0 Å². The van der Waals surface area contributed by atoms with Gasteiger partial charge in [-0.25, -0.2) is 17.1 Å². The van der Waals surface area contributed by atoms with E-state index in [4.69, 9.17) is 11.6 Å². The minimum atomic E-state index is -3.64. The molecule has 0 radical (unpaired) electrons. The number of rotatable bonds is 4. The molecule has 114 valence electrons. The van der Waals surface area contributed by atoms with E-state index in [1.165, 1.54) is 30.4 Å². The summed E-state index contributed by atoms with van der Waals surface area (Å²) in [6.45, 7) is 7.79. The molecular formula is C14H21ClFNO2S. The van der Waals surface area contributed by atoms with Crippen LogP contribution in [-0.2, 0) is 15.9 Å². The Morgan fingerprint density at radius 2 is 1.85 bits per heavy atom. The van der Waals surface area contributed by atoms with Crippen LogP contribution in [0, 0.1) is 18.2 Å². The summed E-state index contributed by atoms with van der Waals surface area (Å²) >= 11 is 5.66. The molecule has 3 nitrogen and oxygen atoms in total. The van der Waals surface area contributed by atoms with Gasteiger partial charge in [-0.2, -0.15) is 0 Å². The van der Waals surface area contributed by atoms with Crippen LogP contribution in [0.4, 0.5) is 4.39 Å². The van der Waals surface area contributed by atoms with E-state index in [2.05, 4.69) is 0 Å². The van der Waals surface area contributed by atoms with Gasteiger partial charge in [-0.1, -0.05) is 20.8 Å². The van der Waals surface area contributed by atoms with Gasteiger partial charge in [-0.15, -0.1) is 11.6 Å². The third kappa shape index (κ3) is 3.93. The molecule has 1 aromatic carbocycles. The molecule has 6 heteroatoms. The van der Waals surface area contributed by atoms with Gasteiger partial charge in [0.05, 0.1) is 10.8 Å². The second kappa shape index (κ2) is 6.00. The molecule has 0 spiro atoms. The third-order valence-corrected chi connectivity index (χ3v) is 4.92. The summed E-state index contributed by atoms with van der Waals surface area (Å²) in [5, 5.41) is 0. The minimum Gasteiger partial charge on any atom is -0.207 e. The van der Waals surface area contributed by atoms with Gasteiger partial charge in [-0.3, -0.25) is 0 Å². The lowest BCUT2D eigenvalue weighted by atomic mass is 9.97. The van der Waals surface area contributed by atoms with Crippen LogP contribution >= 0.6 is 11.6 Å². The van der Waals surface area contributed by atoms with Crippen molar-refractivity contribution in [3.05, 3.63) is 29.1 Å². The van der Waals surface area contributed by atoms with Crippen molar-refractivity contribution in [1.29, 1.82) is 0 Å². The number of hydrogen-bond acceptors (Lipinski definition) is 2. The van der Waals surface area contributed by atoms with Gasteiger partial charge in [0.15, 0.2) is 0 Å². The zero-order chi connectivity index (χ0) is 15.7. The van der Waals surface area contributed by atoms with Crippen LogP contribution in [0.1, 0.15) is 31.9 Å². The molecule has 0 aliphatic heterocycles. The summed E-state index contributed by atoms with van der Waals surface area (Å²) in [5.74, 6) is -0.503. The lowest BCUT2D eigenvalue weighted by molar-refractivity contribution is 0.310. The van der Waals surface area contributed by atoms with Crippen molar-refractivity contribution in [2.75, 3.05) is 13.6 Å². The fourth-order valence-electron chi connectivity index (χ4n) is 1.99. The average Bonchev–Trinajstić information content (AvgIpc) is 2.30. The molecule has 1 rings (SSSR count). The number of halogens is 2. The zero-order valence-electron chi connectivity index (χ0n) is 12.5. The fraction of sp³-hybridized carbons (Fsp3) is 0.571. The molecule has 0 saturated carbocycles. The summed E-state index contributed by atoms with van der Waals surface area (Å²) < 4.78 is 40.0. The first-order valence-electron chi connectivity index (χ1n) is 6.30. The van der Waals surface area contributed by atoms with Crippen molar-refractivity contribution in [2.24, 2.45) is 5.41 Å². The zero-order valence-corrected chi connectivity index (χ0v) is 14.1. The van der Waals surface area contributed by atoms with Gasteiger partial charge in [0.1, 0.15) is 5.82 Å². The molecule has 0 saturated heterocycles. The highest BCUT2D eigenvalue weighted by atomic mass is 35.5. The van der Waals surface area contributed by atoms with E-state index in [1.807, 2.05) is 20.8 Å². The minimum absolute atomic E-state index is 0.0565. The molecule has 0 unspecified atom stereocenters. The van der Waals surface area contributed by atoms with Gasteiger partial charge in [0, 0.05) is 19.2 Å².